The van der Waals surface area contributed by atoms with Crippen molar-refractivity contribution in [3.63, 3.8) is 0 Å². The van der Waals surface area contributed by atoms with Gasteiger partial charge in [0.05, 0.1) is 19.8 Å². The molecular weight excluding hydrogens is 596 g/mol. The third-order valence-corrected chi connectivity index (χ3v) is 7.83. The molecule has 0 saturated carbocycles. The topological polar surface area (TPSA) is 178 Å². The molecule has 44 heavy (non-hydrogen) atoms. The zero-order chi connectivity index (χ0) is 32.6. The number of unbranched alkanes of at least 4 members (excludes halogenated alkanes) is 12. The molecule has 6 unspecified atom stereocenters. The van der Waals surface area contributed by atoms with Crippen LogP contribution in [0.4, 0.5) is 0 Å². The van der Waals surface area contributed by atoms with Crippen LogP contribution in [-0.4, -0.2) is 97.5 Å². The van der Waals surface area contributed by atoms with Crippen LogP contribution in [0, 0.1) is 0 Å². The van der Waals surface area contributed by atoms with E-state index in [9.17, 15) is 28.5 Å². The van der Waals surface area contributed by atoms with Crippen LogP contribution in [0.15, 0.2) is 12.2 Å². The summed E-state index contributed by atoms with van der Waals surface area (Å²) in [6, 6.07) is 0. The van der Waals surface area contributed by atoms with E-state index in [1.165, 1.54) is 25.7 Å². The first-order valence-electron chi connectivity index (χ1n) is 16.4. The average Bonchev–Trinajstić information content (AvgIpc) is 2.98. The monoisotopic (exact) mass is 654 g/mol. The van der Waals surface area contributed by atoms with Crippen molar-refractivity contribution in [1.82, 2.24) is 0 Å². The summed E-state index contributed by atoms with van der Waals surface area (Å²) in [5.41, 5.74) is 0. The number of aliphatic hydroxyl groups excluding tert-OH is 3. The van der Waals surface area contributed by atoms with E-state index in [0.29, 0.717) is 13.0 Å². The number of allylic oxidation sites excluding steroid dienone is 2. The molecule has 6 atom stereocenters. The summed E-state index contributed by atoms with van der Waals surface area (Å²) in [5, 5.41) is 30.3. The molecule has 1 fully saturated rings. The molecule has 0 spiro atoms. The average molecular weight is 655 g/mol. The first kappa shape index (κ1) is 40.9. The maximum absolute atomic E-state index is 12.5. The number of hydrogen-bond donors (Lipinski definition) is 4. The lowest BCUT2D eigenvalue weighted by Crippen LogP contribution is -2.60. The Labute approximate surface area is 264 Å². The van der Waals surface area contributed by atoms with E-state index < -0.39 is 59.8 Å². The van der Waals surface area contributed by atoms with Gasteiger partial charge < -0.3 is 34.3 Å². The standard InChI is InChI=1S/C31H58O12S/c1-3-5-7-9-11-12-13-14-15-17-19-21-39-23-25(41-27(33)20-18-16-10-8-6-4-2)24-40-31-29(35)30(43-44(36,37)38)28(34)26(22-32)42-31/h7,9,25-26,28-32,34-35H,3-6,8,10-24H2,1-2H3,(H,36,37,38)/b9-7-. The molecule has 0 bridgehead atoms. The smallest absolute Gasteiger partial charge is 0.397 e. The van der Waals surface area contributed by atoms with Crippen LogP contribution >= 0.6 is 0 Å². The molecule has 1 aliphatic rings. The Morgan fingerprint density at radius 1 is 0.841 bits per heavy atom. The van der Waals surface area contributed by atoms with Crippen molar-refractivity contribution >= 4 is 16.4 Å². The molecule has 13 heteroatoms. The predicted octanol–water partition coefficient (Wildman–Crippen LogP) is 4.40. The van der Waals surface area contributed by atoms with Crippen LogP contribution in [0.3, 0.4) is 0 Å². The number of carbonyl (C=O) groups is 1. The second kappa shape index (κ2) is 25.0. The van der Waals surface area contributed by atoms with Gasteiger partial charge in [0.1, 0.15) is 30.5 Å². The van der Waals surface area contributed by atoms with Crippen molar-refractivity contribution in [2.45, 2.75) is 153 Å². The Kier molecular flexibility index (Phi) is 23.2. The van der Waals surface area contributed by atoms with Gasteiger partial charge in [0.15, 0.2) is 6.29 Å². The highest BCUT2D eigenvalue weighted by atomic mass is 32.3. The quantitative estimate of drug-likeness (QED) is 0.0425. The summed E-state index contributed by atoms with van der Waals surface area (Å²) in [5.74, 6) is -0.413. The zero-order valence-electron chi connectivity index (χ0n) is 26.7. The second-order valence-corrected chi connectivity index (χ2v) is 12.5. The highest BCUT2D eigenvalue weighted by molar-refractivity contribution is 7.80. The fourth-order valence-electron chi connectivity index (χ4n) is 4.85. The highest BCUT2D eigenvalue weighted by Gasteiger charge is 2.48. The first-order valence-corrected chi connectivity index (χ1v) is 17.8. The van der Waals surface area contributed by atoms with Gasteiger partial charge in [-0.25, -0.2) is 4.18 Å². The van der Waals surface area contributed by atoms with E-state index in [4.69, 9.17) is 23.5 Å². The summed E-state index contributed by atoms with van der Waals surface area (Å²) in [6.45, 7) is 3.80. The van der Waals surface area contributed by atoms with Gasteiger partial charge >= 0.3 is 16.4 Å². The number of carbonyl (C=O) groups excluding carboxylic acids is 1. The number of aliphatic hydroxyl groups is 3. The van der Waals surface area contributed by atoms with E-state index in [1.54, 1.807) is 0 Å². The van der Waals surface area contributed by atoms with Crippen LogP contribution in [0.1, 0.15) is 117 Å². The summed E-state index contributed by atoms with van der Waals surface area (Å²) in [4.78, 5) is 12.5. The molecule has 0 aliphatic carbocycles. The van der Waals surface area contributed by atoms with Crippen LogP contribution in [0.25, 0.3) is 0 Å². The fraction of sp³-hybridized carbons (Fsp3) is 0.903. The van der Waals surface area contributed by atoms with Gasteiger partial charge in [-0.2, -0.15) is 8.42 Å². The summed E-state index contributed by atoms with van der Waals surface area (Å²) < 4.78 is 58.3. The van der Waals surface area contributed by atoms with E-state index in [2.05, 4.69) is 30.2 Å². The Morgan fingerprint density at radius 2 is 1.48 bits per heavy atom. The van der Waals surface area contributed by atoms with Crippen molar-refractivity contribution in [2.24, 2.45) is 0 Å². The van der Waals surface area contributed by atoms with Gasteiger partial charge in [0, 0.05) is 13.0 Å². The number of esters is 1. The summed E-state index contributed by atoms with van der Waals surface area (Å²) in [6.07, 6.45) is 11.6. The maximum Gasteiger partial charge on any atom is 0.397 e. The Balaban J connectivity index is 2.57. The minimum atomic E-state index is -5.04. The lowest BCUT2D eigenvalue weighted by molar-refractivity contribution is -0.301. The number of ether oxygens (including phenoxy) is 4. The molecule has 12 nitrogen and oxygen atoms in total. The van der Waals surface area contributed by atoms with Gasteiger partial charge in [-0.15, -0.1) is 0 Å². The van der Waals surface area contributed by atoms with Crippen molar-refractivity contribution in [2.75, 3.05) is 26.4 Å². The van der Waals surface area contributed by atoms with Gasteiger partial charge in [-0.3, -0.25) is 9.35 Å². The Morgan fingerprint density at radius 3 is 2.14 bits per heavy atom. The lowest BCUT2D eigenvalue weighted by atomic mass is 9.99. The van der Waals surface area contributed by atoms with Crippen LogP contribution in [0.2, 0.25) is 0 Å². The van der Waals surface area contributed by atoms with Crippen LogP contribution in [0.5, 0.6) is 0 Å². The van der Waals surface area contributed by atoms with Crippen molar-refractivity contribution in [1.29, 1.82) is 0 Å². The molecule has 1 saturated heterocycles. The molecule has 0 aromatic heterocycles. The summed E-state index contributed by atoms with van der Waals surface area (Å²) in [7, 11) is -5.04. The molecule has 260 valence electrons. The van der Waals surface area contributed by atoms with E-state index in [1.807, 2.05) is 0 Å². The van der Waals surface area contributed by atoms with Crippen LogP contribution in [-0.2, 0) is 38.3 Å². The third-order valence-electron chi connectivity index (χ3n) is 7.37. The fourth-order valence-corrected chi connectivity index (χ4v) is 5.36. The molecule has 4 N–H and O–H groups in total. The molecule has 0 aromatic rings. The summed E-state index contributed by atoms with van der Waals surface area (Å²) >= 11 is 0. The minimum absolute atomic E-state index is 0.0339. The molecule has 0 aromatic carbocycles. The van der Waals surface area contributed by atoms with Crippen molar-refractivity contribution in [3.05, 3.63) is 12.2 Å². The normalized spacial score (nSPS) is 23.3. The van der Waals surface area contributed by atoms with Crippen molar-refractivity contribution < 1.29 is 56.2 Å². The maximum atomic E-state index is 12.5. The third kappa shape index (κ3) is 19.4. The zero-order valence-corrected chi connectivity index (χ0v) is 27.5. The predicted molar refractivity (Wildman–Crippen MR) is 165 cm³/mol. The first-order chi connectivity index (χ1) is 21.1. The molecule has 1 heterocycles. The highest BCUT2D eigenvalue weighted by Crippen LogP contribution is 2.26. The minimum Gasteiger partial charge on any atom is -0.457 e. The SMILES string of the molecule is CCC/C=C\CCCCCCCCOCC(COC1OC(CO)C(O)C(OS(=O)(=O)O)C1O)OC(=O)CCCCCCCC. The van der Waals surface area contributed by atoms with E-state index >= 15 is 0 Å². The Bertz CT molecular complexity index is 853. The number of rotatable bonds is 27. The van der Waals surface area contributed by atoms with Gasteiger partial charge in [0.25, 0.3) is 0 Å². The molecular formula is C31H58O12S. The molecule has 1 aliphatic heterocycles. The van der Waals surface area contributed by atoms with Gasteiger partial charge in [0.2, 0.25) is 0 Å². The Hall–Kier alpha value is -1.16. The molecule has 0 radical (unpaired) electrons. The van der Waals surface area contributed by atoms with Crippen LogP contribution < -0.4 is 0 Å². The van der Waals surface area contributed by atoms with Crippen molar-refractivity contribution in [3.8, 4) is 0 Å². The van der Waals surface area contributed by atoms with E-state index in [-0.39, 0.29) is 19.6 Å². The van der Waals surface area contributed by atoms with Gasteiger partial charge in [-0.05, 0) is 32.1 Å². The molecule has 1 rings (SSSR count). The largest absolute Gasteiger partial charge is 0.457 e. The van der Waals surface area contributed by atoms with Gasteiger partial charge in [-0.1, -0.05) is 90.2 Å². The molecule has 0 amide bonds. The second-order valence-electron chi connectivity index (χ2n) is 11.4. The number of hydrogen-bond acceptors (Lipinski definition) is 11. The van der Waals surface area contributed by atoms with E-state index in [0.717, 1.165) is 64.2 Å². The lowest BCUT2D eigenvalue weighted by Gasteiger charge is -2.41.